The zero-order chi connectivity index (χ0) is 51.5. The maximum absolute atomic E-state index is 14.0. The van der Waals surface area contributed by atoms with Crippen LogP contribution in [0.25, 0.3) is 0 Å². The number of sulfone groups is 1. The van der Waals surface area contributed by atoms with Crippen molar-refractivity contribution in [2.24, 2.45) is 10.2 Å². The van der Waals surface area contributed by atoms with Crippen molar-refractivity contribution in [1.29, 1.82) is 5.26 Å². The lowest BCUT2D eigenvalue weighted by molar-refractivity contribution is -0.148. The Balaban J connectivity index is 1.77. The largest absolute Gasteiger partial charge is 0.495 e. The number of unbranched alkanes of at least 4 members (excludes halogenated alkanes) is 6. The van der Waals surface area contributed by atoms with Gasteiger partial charge >= 0.3 is 17.9 Å². The molecule has 386 valence electrons. The van der Waals surface area contributed by atoms with Crippen LogP contribution in [0.5, 0.6) is 11.5 Å². The van der Waals surface area contributed by atoms with Gasteiger partial charge in [-0.2, -0.15) is 5.26 Å². The molecule has 0 aliphatic rings. The number of nitriles is 1. The smallest absolute Gasteiger partial charge is 0.306 e. The van der Waals surface area contributed by atoms with Gasteiger partial charge in [-0.3, -0.25) is 19.3 Å². The summed E-state index contributed by atoms with van der Waals surface area (Å²) in [4.78, 5) is 43.3. The normalized spacial score (nSPS) is 12.1. The van der Waals surface area contributed by atoms with E-state index in [1.807, 2.05) is 56.0 Å². The lowest BCUT2D eigenvalue weighted by atomic mass is 10.1. The Kier molecular flexibility index (Phi) is 25.6. The molecule has 19 nitrogen and oxygen atoms in total. The first-order chi connectivity index (χ1) is 33.5. The average Bonchev–Trinajstić information content (AvgIpc) is 3.32. The summed E-state index contributed by atoms with van der Waals surface area (Å²) in [5.41, 5.74) is 1.15. The van der Waals surface area contributed by atoms with E-state index in [9.17, 15) is 28.1 Å². The highest BCUT2D eigenvalue weighted by Crippen LogP contribution is 2.41. The quantitative estimate of drug-likeness (QED) is 0.0193. The van der Waals surface area contributed by atoms with Crippen LogP contribution in [0.15, 0.2) is 57.6 Å². The van der Waals surface area contributed by atoms with Crippen molar-refractivity contribution in [1.82, 2.24) is 9.88 Å². The molecule has 3 aromatic rings. The van der Waals surface area contributed by atoms with E-state index in [4.69, 9.17) is 38.9 Å². The number of azo groups is 1. The van der Waals surface area contributed by atoms with E-state index in [-0.39, 0.29) is 121 Å². The van der Waals surface area contributed by atoms with Gasteiger partial charge in [-0.05, 0) is 91.7 Å². The van der Waals surface area contributed by atoms with E-state index in [1.54, 1.807) is 13.8 Å². The molecule has 4 N–H and O–H groups in total. The van der Waals surface area contributed by atoms with Crippen molar-refractivity contribution in [3.63, 3.8) is 0 Å². The van der Waals surface area contributed by atoms with E-state index in [0.717, 1.165) is 12.8 Å². The highest BCUT2D eigenvalue weighted by molar-refractivity contribution is 7.91. The Labute approximate surface area is 413 Å². The maximum atomic E-state index is 14.0. The van der Waals surface area contributed by atoms with Crippen molar-refractivity contribution in [2.45, 2.75) is 128 Å². The molecule has 1 unspecified atom stereocenters. The molecule has 1 heterocycles. The first-order valence-electron chi connectivity index (χ1n) is 23.9. The fourth-order valence-corrected chi connectivity index (χ4v) is 8.47. The lowest BCUT2D eigenvalue weighted by Gasteiger charge is -2.35. The molecule has 0 radical (unpaired) electrons. The third-order valence-corrected chi connectivity index (χ3v) is 12.8. The Hall–Kier alpha value is -5.88. The molecule has 70 heavy (non-hydrogen) atoms. The van der Waals surface area contributed by atoms with Crippen molar-refractivity contribution in [2.75, 3.05) is 76.7 Å². The molecular weight excluding hydrogens is 923 g/mol. The fourth-order valence-electron chi connectivity index (χ4n) is 7.06. The second-order valence-corrected chi connectivity index (χ2v) is 19.7. The van der Waals surface area contributed by atoms with Gasteiger partial charge < -0.3 is 44.5 Å². The minimum atomic E-state index is -3.98. The molecule has 2 aromatic carbocycles. The van der Waals surface area contributed by atoms with Gasteiger partial charge in [-0.15, -0.1) is 10.2 Å². The predicted octanol–water partition coefficient (Wildman–Crippen LogP) is 8.41. The van der Waals surface area contributed by atoms with Crippen LogP contribution in [0.2, 0.25) is 0 Å². The number of carbonyl (C=O) groups is 3. The highest BCUT2D eigenvalue weighted by atomic mass is 32.2. The van der Waals surface area contributed by atoms with Gasteiger partial charge in [0.05, 0.1) is 38.7 Å². The fraction of sp³-hybridized carbons (Fsp3) is 0.580. The number of carbonyl (C=O) groups excluding carboxylic acids is 3. The molecule has 1 atom stereocenters. The van der Waals surface area contributed by atoms with Crippen LogP contribution in [0.4, 0.5) is 28.7 Å². The highest BCUT2D eigenvalue weighted by Gasteiger charge is 2.28. The molecule has 0 aliphatic carbocycles. The molecule has 0 aliphatic heterocycles. The number of hydrogen-bond acceptors (Lipinski definition) is 19. The number of aromatic nitrogens is 1. The SMILES string of the molecule is COc1cc(S(=O)(=O)CCN(CCOC(=O)CCCCCO)C(C)(C)C)c(OC)cc1/N=N/c1c(Nc2ccccc2)nc(NCC(C)OC(=O)CCCCCOC(=O)CCCCCO)c(C#N)c1C. The number of benzene rings is 2. The summed E-state index contributed by atoms with van der Waals surface area (Å²) in [5, 5.41) is 43.6. The second kappa shape index (κ2) is 30.7. The topological polar surface area (TPSA) is 261 Å². The van der Waals surface area contributed by atoms with Crippen molar-refractivity contribution < 1.29 is 56.7 Å². The average molecular weight is 996 g/mol. The Morgan fingerprint density at radius 1 is 0.800 bits per heavy atom. The van der Waals surface area contributed by atoms with Crippen LogP contribution in [0, 0.1) is 18.3 Å². The van der Waals surface area contributed by atoms with Crippen LogP contribution >= 0.6 is 0 Å². The zero-order valence-electron chi connectivity index (χ0n) is 41.9. The van der Waals surface area contributed by atoms with E-state index < -0.39 is 21.5 Å². The predicted molar refractivity (Wildman–Crippen MR) is 266 cm³/mol. The van der Waals surface area contributed by atoms with Gasteiger partial charge in [-0.1, -0.05) is 31.0 Å². The third kappa shape index (κ3) is 20.2. The molecule has 0 bridgehead atoms. The number of esters is 3. The number of aliphatic hydroxyl groups excluding tert-OH is 2. The molecule has 20 heteroatoms. The number of methoxy groups -OCH3 is 2. The number of nitrogens with one attached hydrogen (secondary N) is 2. The number of aliphatic hydroxyl groups is 2. The lowest BCUT2D eigenvalue weighted by Crippen LogP contribution is -2.45. The summed E-state index contributed by atoms with van der Waals surface area (Å²) in [7, 11) is -1.26. The Morgan fingerprint density at radius 3 is 1.99 bits per heavy atom. The first kappa shape index (κ1) is 58.4. The van der Waals surface area contributed by atoms with Crippen LogP contribution in [0.3, 0.4) is 0 Å². The van der Waals surface area contributed by atoms with Crippen LogP contribution in [-0.4, -0.2) is 124 Å². The Bertz CT molecular complexity index is 2300. The summed E-state index contributed by atoms with van der Waals surface area (Å²) >= 11 is 0. The van der Waals surface area contributed by atoms with Crippen LogP contribution < -0.4 is 20.1 Å². The summed E-state index contributed by atoms with van der Waals surface area (Å²) in [5.74, 6) is -0.715. The third-order valence-electron chi connectivity index (χ3n) is 11.1. The monoisotopic (exact) mass is 996 g/mol. The van der Waals surface area contributed by atoms with Crippen molar-refractivity contribution in [3.05, 3.63) is 53.6 Å². The van der Waals surface area contributed by atoms with E-state index >= 15 is 0 Å². The second-order valence-electron chi connectivity index (χ2n) is 17.6. The van der Waals surface area contributed by atoms with Gasteiger partial charge in [0.25, 0.3) is 0 Å². The number of hydrogen-bond donors (Lipinski definition) is 4. The molecule has 0 amide bonds. The standard InChI is InChI=1S/C50H73N7O12S/c1-36(69-46(62)24-16-11-19-29-67-44(60)22-14-9-17-27-58)35-52-48-39(34-51)37(2)47(49(54-48)53-38-20-12-8-13-21-38)56-55-40-32-42(66-7)43(33-41(40)65-6)70(63,64)31-26-57(50(3,4)5)25-30-68-45(61)23-15-10-18-28-59/h8,12-13,20-21,32-33,36,58-59H,9-11,14-19,22-31,35H2,1-7H3,(H2,52,53,54)/b56-55+. The number of para-hydroxylation sites is 1. The first-order valence-corrected chi connectivity index (χ1v) is 25.5. The van der Waals surface area contributed by atoms with Crippen LogP contribution in [0.1, 0.15) is 116 Å². The van der Waals surface area contributed by atoms with Gasteiger partial charge in [-0.25, -0.2) is 13.4 Å². The molecule has 3 rings (SSSR count). The Morgan fingerprint density at radius 2 is 1.40 bits per heavy atom. The number of pyridine rings is 1. The van der Waals surface area contributed by atoms with Crippen molar-refractivity contribution >= 4 is 56.4 Å². The number of ether oxygens (including phenoxy) is 5. The van der Waals surface area contributed by atoms with E-state index in [0.29, 0.717) is 69.2 Å². The van der Waals surface area contributed by atoms with Gasteiger partial charge in [0.15, 0.2) is 15.7 Å². The molecule has 0 spiro atoms. The van der Waals surface area contributed by atoms with E-state index in [2.05, 4.69) is 26.9 Å². The van der Waals surface area contributed by atoms with E-state index in [1.165, 1.54) is 26.4 Å². The van der Waals surface area contributed by atoms with Crippen LogP contribution in [-0.2, 0) is 38.4 Å². The van der Waals surface area contributed by atoms with Gasteiger partial charge in [0, 0.05) is 74.5 Å². The van der Waals surface area contributed by atoms with Crippen molar-refractivity contribution in [3.8, 4) is 17.6 Å². The summed E-state index contributed by atoms with van der Waals surface area (Å²) in [6.07, 6.45) is 6.11. The summed E-state index contributed by atoms with van der Waals surface area (Å²) in [6.45, 7) is 10.4. The number of rotatable bonds is 33. The minimum Gasteiger partial charge on any atom is -0.495 e. The molecule has 1 aromatic heterocycles. The molecule has 0 saturated heterocycles. The molecule has 0 fully saturated rings. The number of anilines is 3. The van der Waals surface area contributed by atoms with Gasteiger partial charge in [0.2, 0.25) is 0 Å². The zero-order valence-corrected chi connectivity index (χ0v) is 42.7. The molecular formula is C50H73N7O12S. The van der Waals surface area contributed by atoms with Gasteiger partial charge in [0.1, 0.15) is 52.4 Å². The summed E-state index contributed by atoms with van der Waals surface area (Å²) < 4.78 is 55.5. The summed E-state index contributed by atoms with van der Waals surface area (Å²) in [6, 6.07) is 14.1. The molecule has 0 saturated carbocycles. The minimum absolute atomic E-state index is 0.0110. The maximum Gasteiger partial charge on any atom is 0.306 e. The number of nitrogens with zero attached hydrogens (tertiary/aromatic N) is 5.